The lowest BCUT2D eigenvalue weighted by Gasteiger charge is -2.08. The highest BCUT2D eigenvalue weighted by Gasteiger charge is 2.28. The molecule has 0 fully saturated rings. The summed E-state index contributed by atoms with van der Waals surface area (Å²) < 4.78 is 29.2. The zero-order valence-corrected chi connectivity index (χ0v) is 12.4. The Morgan fingerprint density at radius 3 is 2.33 bits per heavy atom. The van der Waals surface area contributed by atoms with E-state index in [-0.39, 0.29) is 10.8 Å². The van der Waals surface area contributed by atoms with Gasteiger partial charge in [-0.05, 0) is 31.2 Å². The van der Waals surface area contributed by atoms with E-state index < -0.39 is 25.6 Å². The lowest BCUT2D eigenvalue weighted by molar-refractivity contribution is -0.387. The van der Waals surface area contributed by atoms with Crippen LogP contribution in [0.2, 0.25) is 5.02 Å². The summed E-state index contributed by atoms with van der Waals surface area (Å²) in [5.41, 5.74) is 0.298. The third-order valence-corrected chi connectivity index (χ3v) is 4.14. The highest BCUT2D eigenvalue weighted by molar-refractivity contribution is 7.87. The largest absolute Gasteiger partial charge is 0.379 e. The second kappa shape index (κ2) is 5.71. The summed E-state index contributed by atoms with van der Waals surface area (Å²) in [5.74, 6) is 0.0739. The predicted octanol–water partition coefficient (Wildman–Crippen LogP) is 3.32. The van der Waals surface area contributed by atoms with Crippen LogP contribution in [0.15, 0.2) is 47.4 Å². The van der Waals surface area contributed by atoms with Crippen molar-refractivity contribution < 1.29 is 17.5 Å². The fourth-order valence-electron chi connectivity index (χ4n) is 1.61. The van der Waals surface area contributed by atoms with Gasteiger partial charge in [0.2, 0.25) is 0 Å². The van der Waals surface area contributed by atoms with E-state index in [9.17, 15) is 18.5 Å². The monoisotopic (exact) mass is 327 g/mol. The average Bonchev–Trinajstić information content (AvgIpc) is 2.40. The van der Waals surface area contributed by atoms with Crippen molar-refractivity contribution in [3.63, 3.8) is 0 Å². The zero-order valence-electron chi connectivity index (χ0n) is 10.8. The number of aryl methyl sites for hydroxylation is 1. The Morgan fingerprint density at radius 2 is 1.76 bits per heavy atom. The lowest BCUT2D eigenvalue weighted by Crippen LogP contribution is -2.12. The number of nitro groups is 1. The molecule has 0 atom stereocenters. The van der Waals surface area contributed by atoms with Crippen molar-refractivity contribution in [3.8, 4) is 5.75 Å². The molecule has 8 heteroatoms. The van der Waals surface area contributed by atoms with Gasteiger partial charge in [-0.15, -0.1) is 0 Å². The summed E-state index contributed by atoms with van der Waals surface area (Å²) in [5, 5.41) is 11.0. The Kier molecular flexibility index (Phi) is 4.15. The van der Waals surface area contributed by atoms with Crippen LogP contribution >= 0.6 is 11.6 Å². The maximum absolute atomic E-state index is 12.2. The summed E-state index contributed by atoms with van der Waals surface area (Å²) in [6.07, 6.45) is 0. The molecular weight excluding hydrogens is 318 g/mol. The molecule has 110 valence electrons. The molecule has 0 N–H and O–H groups in total. The van der Waals surface area contributed by atoms with Gasteiger partial charge in [-0.3, -0.25) is 10.1 Å². The topological polar surface area (TPSA) is 86.5 Å². The van der Waals surface area contributed by atoms with Crippen molar-refractivity contribution in [1.29, 1.82) is 0 Å². The van der Waals surface area contributed by atoms with E-state index in [0.717, 1.165) is 17.7 Å². The van der Waals surface area contributed by atoms with E-state index >= 15 is 0 Å². The first-order valence-electron chi connectivity index (χ1n) is 5.75. The van der Waals surface area contributed by atoms with E-state index in [1.54, 1.807) is 12.1 Å². The fourth-order valence-corrected chi connectivity index (χ4v) is 2.85. The number of nitrogens with zero attached hydrogens (tertiary/aromatic N) is 1. The Bertz CT molecular complexity index is 787. The third-order valence-electron chi connectivity index (χ3n) is 2.61. The number of nitro benzene ring substituents is 1. The van der Waals surface area contributed by atoms with Crippen molar-refractivity contribution in [2.24, 2.45) is 0 Å². The number of halogens is 1. The molecule has 0 unspecified atom stereocenters. The van der Waals surface area contributed by atoms with Gasteiger partial charge in [-0.1, -0.05) is 29.3 Å². The molecule has 0 bridgehead atoms. The normalized spacial score (nSPS) is 11.1. The Morgan fingerprint density at radius 1 is 1.14 bits per heavy atom. The van der Waals surface area contributed by atoms with Crippen LogP contribution in [0.25, 0.3) is 0 Å². The molecule has 0 heterocycles. The average molecular weight is 328 g/mol. The van der Waals surface area contributed by atoms with Crippen molar-refractivity contribution >= 4 is 27.4 Å². The fraction of sp³-hybridized carbons (Fsp3) is 0.0769. The smallest absolute Gasteiger partial charge is 0.346 e. The van der Waals surface area contributed by atoms with Crippen LogP contribution in [0.1, 0.15) is 5.56 Å². The van der Waals surface area contributed by atoms with Gasteiger partial charge in [-0.2, -0.15) is 8.42 Å². The van der Waals surface area contributed by atoms with Crippen molar-refractivity contribution in [3.05, 3.63) is 63.2 Å². The molecule has 0 aromatic heterocycles. The number of hydrogen-bond acceptors (Lipinski definition) is 5. The number of benzene rings is 2. The molecule has 0 aliphatic carbocycles. The summed E-state index contributed by atoms with van der Waals surface area (Å²) in [4.78, 5) is 9.58. The molecule has 21 heavy (non-hydrogen) atoms. The first-order chi connectivity index (χ1) is 9.79. The molecule has 0 amide bonds. The van der Waals surface area contributed by atoms with Crippen LogP contribution in [-0.4, -0.2) is 13.3 Å². The second-order valence-corrected chi connectivity index (χ2v) is 6.17. The zero-order chi connectivity index (χ0) is 15.6. The van der Waals surface area contributed by atoms with Gasteiger partial charge in [0, 0.05) is 11.1 Å². The van der Waals surface area contributed by atoms with Crippen LogP contribution in [0.5, 0.6) is 5.75 Å². The molecule has 0 saturated heterocycles. The first kappa shape index (κ1) is 15.3. The van der Waals surface area contributed by atoms with Crippen LogP contribution in [0, 0.1) is 17.0 Å². The lowest BCUT2D eigenvalue weighted by atomic mass is 10.2. The van der Waals surface area contributed by atoms with Crippen LogP contribution in [0.4, 0.5) is 5.69 Å². The summed E-state index contributed by atoms with van der Waals surface area (Å²) in [6.45, 7) is 1.84. The van der Waals surface area contributed by atoms with Gasteiger partial charge >= 0.3 is 10.1 Å². The quantitative estimate of drug-likeness (QED) is 0.488. The Labute approximate surface area is 126 Å². The SMILES string of the molecule is Cc1ccc(OS(=O)(=O)c2ccc(Cl)cc2[N+](=O)[O-])cc1. The van der Waals surface area contributed by atoms with Crippen LogP contribution < -0.4 is 4.18 Å². The third kappa shape index (κ3) is 3.50. The minimum absolute atomic E-state index is 0.0657. The van der Waals surface area contributed by atoms with E-state index in [1.165, 1.54) is 18.2 Å². The highest BCUT2D eigenvalue weighted by atomic mass is 35.5. The van der Waals surface area contributed by atoms with E-state index in [0.29, 0.717) is 0 Å². The molecule has 0 aliphatic heterocycles. The van der Waals surface area contributed by atoms with Crippen molar-refractivity contribution in [2.45, 2.75) is 11.8 Å². The second-order valence-electron chi connectivity index (χ2n) is 4.22. The Hall–Kier alpha value is -2.12. The van der Waals surface area contributed by atoms with Gasteiger partial charge in [0.25, 0.3) is 5.69 Å². The number of hydrogen-bond donors (Lipinski definition) is 0. The van der Waals surface area contributed by atoms with Gasteiger partial charge in [0.1, 0.15) is 5.75 Å². The highest BCUT2D eigenvalue weighted by Crippen LogP contribution is 2.29. The number of rotatable bonds is 4. The van der Waals surface area contributed by atoms with Gasteiger partial charge in [0.05, 0.1) is 4.92 Å². The van der Waals surface area contributed by atoms with Crippen LogP contribution in [0.3, 0.4) is 0 Å². The standard InChI is InChI=1S/C13H10ClNO5S/c1-9-2-5-11(6-3-9)20-21(18,19)13-7-4-10(14)8-12(13)15(16)17/h2-8H,1H3. The molecule has 0 saturated carbocycles. The molecular formula is C13H10ClNO5S. The van der Waals surface area contributed by atoms with Gasteiger partial charge < -0.3 is 4.18 Å². The maximum Gasteiger partial charge on any atom is 0.346 e. The van der Waals surface area contributed by atoms with Gasteiger partial charge in [-0.25, -0.2) is 0 Å². The molecule has 2 aromatic carbocycles. The summed E-state index contributed by atoms with van der Waals surface area (Å²) in [6, 6.07) is 9.53. The molecule has 0 aliphatic rings. The van der Waals surface area contributed by atoms with Crippen molar-refractivity contribution in [1.82, 2.24) is 0 Å². The van der Waals surface area contributed by atoms with Gasteiger partial charge in [0.15, 0.2) is 4.90 Å². The molecule has 0 spiro atoms. The molecule has 2 rings (SSSR count). The molecule has 2 aromatic rings. The molecule has 0 radical (unpaired) electrons. The van der Waals surface area contributed by atoms with E-state index in [4.69, 9.17) is 15.8 Å². The minimum atomic E-state index is -4.32. The summed E-state index contributed by atoms with van der Waals surface area (Å²) >= 11 is 5.65. The maximum atomic E-state index is 12.2. The van der Waals surface area contributed by atoms with Crippen LogP contribution in [-0.2, 0) is 10.1 Å². The van der Waals surface area contributed by atoms with E-state index in [2.05, 4.69) is 0 Å². The minimum Gasteiger partial charge on any atom is -0.379 e. The molecule has 6 nitrogen and oxygen atoms in total. The predicted molar refractivity (Wildman–Crippen MR) is 77.1 cm³/mol. The Balaban J connectivity index is 2.44. The first-order valence-corrected chi connectivity index (χ1v) is 7.53. The van der Waals surface area contributed by atoms with E-state index in [1.807, 2.05) is 6.92 Å². The summed E-state index contributed by atoms with van der Waals surface area (Å²) in [7, 11) is -4.32. The van der Waals surface area contributed by atoms with Crippen molar-refractivity contribution in [2.75, 3.05) is 0 Å².